The molecule has 0 aliphatic carbocycles. The number of nitrogens with one attached hydrogen (secondary N) is 1. The van der Waals surface area contributed by atoms with E-state index >= 15 is 0 Å². The van der Waals surface area contributed by atoms with Crippen molar-refractivity contribution in [3.05, 3.63) is 53.3 Å². The smallest absolute Gasteiger partial charge is 0.247 e. The summed E-state index contributed by atoms with van der Waals surface area (Å²) in [4.78, 5) is 12.5. The molecule has 0 aliphatic heterocycles. The Balaban J connectivity index is 2.34. The van der Waals surface area contributed by atoms with Crippen molar-refractivity contribution in [2.45, 2.75) is 13.0 Å². The summed E-state index contributed by atoms with van der Waals surface area (Å²) in [5.74, 6) is -0.758. The Morgan fingerprint density at radius 1 is 1.27 bits per heavy atom. The number of carbonyl (C=O) groups is 1. The first-order valence-electron chi connectivity index (χ1n) is 7.53. The number of hydrogen-bond donors (Lipinski definition) is 1. The Hall–Kier alpha value is -2.32. The number of hydrogen-bond acceptors (Lipinski definition) is 4. The number of benzene rings is 2. The average Bonchev–Trinajstić information content (AvgIpc) is 2.53. The largest absolute Gasteiger partial charge is 0.495 e. The molecule has 1 amide bonds. The second-order valence-electron chi connectivity index (χ2n) is 5.55. The van der Waals surface area contributed by atoms with E-state index in [1.807, 2.05) is 0 Å². The van der Waals surface area contributed by atoms with Gasteiger partial charge >= 0.3 is 0 Å². The van der Waals surface area contributed by atoms with E-state index in [9.17, 15) is 17.6 Å². The molecule has 0 radical (unpaired) electrons. The first-order valence-corrected chi connectivity index (χ1v) is 9.75. The van der Waals surface area contributed by atoms with Crippen molar-refractivity contribution in [2.75, 3.05) is 23.0 Å². The Bertz CT molecular complexity index is 921. The molecule has 0 saturated heterocycles. The van der Waals surface area contributed by atoms with Crippen molar-refractivity contribution >= 4 is 38.9 Å². The molecule has 0 unspecified atom stereocenters. The SMILES string of the molecule is COc1ccc(N([C@@H](C)C(=O)Nc2cccc(F)c2)S(C)(=O)=O)cc1Cl. The zero-order chi connectivity index (χ0) is 19.5. The first-order chi connectivity index (χ1) is 12.1. The minimum atomic E-state index is -3.80. The molecule has 2 rings (SSSR count). The van der Waals surface area contributed by atoms with Gasteiger partial charge in [0.2, 0.25) is 15.9 Å². The molecule has 2 aromatic carbocycles. The molecular formula is C17H18ClFN2O4S. The quantitative estimate of drug-likeness (QED) is 0.807. The van der Waals surface area contributed by atoms with Crippen LogP contribution >= 0.6 is 11.6 Å². The van der Waals surface area contributed by atoms with Crippen molar-refractivity contribution in [1.82, 2.24) is 0 Å². The number of ether oxygens (including phenoxy) is 1. The van der Waals surface area contributed by atoms with Gasteiger partial charge in [0.05, 0.1) is 24.1 Å². The van der Waals surface area contributed by atoms with Gasteiger partial charge in [-0.2, -0.15) is 0 Å². The van der Waals surface area contributed by atoms with Crippen LogP contribution in [0, 0.1) is 5.82 Å². The summed E-state index contributed by atoms with van der Waals surface area (Å²) >= 11 is 6.07. The van der Waals surface area contributed by atoms with Crippen LogP contribution in [0.5, 0.6) is 5.75 Å². The zero-order valence-electron chi connectivity index (χ0n) is 14.4. The first kappa shape index (κ1) is 20.0. The third-order valence-electron chi connectivity index (χ3n) is 3.57. The summed E-state index contributed by atoms with van der Waals surface area (Å²) < 4.78 is 43.8. The van der Waals surface area contributed by atoms with Gasteiger partial charge < -0.3 is 10.1 Å². The molecule has 0 aromatic heterocycles. The topological polar surface area (TPSA) is 75.7 Å². The highest BCUT2D eigenvalue weighted by Crippen LogP contribution is 2.31. The van der Waals surface area contributed by atoms with Crippen molar-refractivity contribution in [2.24, 2.45) is 0 Å². The van der Waals surface area contributed by atoms with Crippen molar-refractivity contribution in [1.29, 1.82) is 0 Å². The zero-order valence-corrected chi connectivity index (χ0v) is 15.9. The Morgan fingerprint density at radius 3 is 2.50 bits per heavy atom. The van der Waals surface area contributed by atoms with Gasteiger partial charge in [-0.05, 0) is 43.3 Å². The van der Waals surface area contributed by atoms with Gasteiger partial charge in [0, 0.05) is 5.69 Å². The van der Waals surface area contributed by atoms with Crippen LogP contribution in [0.3, 0.4) is 0 Å². The van der Waals surface area contributed by atoms with Crippen molar-refractivity contribution in [3.63, 3.8) is 0 Å². The monoisotopic (exact) mass is 400 g/mol. The summed E-state index contributed by atoms with van der Waals surface area (Å²) in [6.45, 7) is 1.42. The lowest BCUT2D eigenvalue weighted by molar-refractivity contribution is -0.116. The lowest BCUT2D eigenvalue weighted by Gasteiger charge is -2.28. The number of nitrogens with zero attached hydrogens (tertiary/aromatic N) is 1. The number of amides is 1. The van der Waals surface area contributed by atoms with Crippen molar-refractivity contribution < 1.29 is 22.3 Å². The molecule has 9 heteroatoms. The second-order valence-corrected chi connectivity index (χ2v) is 7.82. The van der Waals surface area contributed by atoms with Crippen LogP contribution < -0.4 is 14.4 Å². The summed E-state index contributed by atoms with van der Waals surface area (Å²) in [5, 5.41) is 2.70. The molecule has 0 heterocycles. The van der Waals surface area contributed by atoms with E-state index in [2.05, 4.69) is 5.32 Å². The second kappa shape index (κ2) is 7.92. The predicted octanol–water partition coefficient (Wildman–Crippen LogP) is 3.28. The lowest BCUT2D eigenvalue weighted by atomic mass is 10.2. The molecular weight excluding hydrogens is 383 g/mol. The van der Waals surface area contributed by atoms with E-state index < -0.39 is 27.8 Å². The maximum Gasteiger partial charge on any atom is 0.247 e. The van der Waals surface area contributed by atoms with Crippen LogP contribution in [0.2, 0.25) is 5.02 Å². The highest BCUT2D eigenvalue weighted by atomic mass is 35.5. The summed E-state index contributed by atoms with van der Waals surface area (Å²) in [5.41, 5.74) is 0.434. The summed E-state index contributed by atoms with van der Waals surface area (Å²) in [6, 6.07) is 8.60. The fourth-order valence-electron chi connectivity index (χ4n) is 2.41. The molecule has 140 valence electrons. The molecule has 0 spiro atoms. The van der Waals surface area contributed by atoms with E-state index in [1.54, 1.807) is 0 Å². The van der Waals surface area contributed by atoms with Crippen LogP contribution in [0.25, 0.3) is 0 Å². The molecule has 1 atom stereocenters. The fraction of sp³-hybridized carbons (Fsp3) is 0.235. The van der Waals surface area contributed by atoms with Crippen LogP contribution in [0.15, 0.2) is 42.5 Å². The number of halogens is 2. The van der Waals surface area contributed by atoms with Gasteiger partial charge in [0.25, 0.3) is 0 Å². The van der Waals surface area contributed by atoms with Crippen molar-refractivity contribution in [3.8, 4) is 5.75 Å². The number of sulfonamides is 1. The molecule has 6 nitrogen and oxygen atoms in total. The van der Waals surface area contributed by atoms with E-state index in [0.717, 1.165) is 16.6 Å². The molecule has 0 saturated carbocycles. The minimum Gasteiger partial charge on any atom is -0.495 e. The van der Waals surface area contributed by atoms with E-state index in [4.69, 9.17) is 16.3 Å². The van der Waals surface area contributed by atoms with E-state index in [1.165, 1.54) is 50.4 Å². The van der Waals surface area contributed by atoms with Crippen LogP contribution in [0.1, 0.15) is 6.92 Å². The minimum absolute atomic E-state index is 0.205. The molecule has 2 aromatic rings. The molecule has 0 fully saturated rings. The number of rotatable bonds is 6. The van der Waals surface area contributed by atoms with E-state index in [0.29, 0.717) is 5.75 Å². The van der Waals surface area contributed by atoms with Gasteiger partial charge in [-0.15, -0.1) is 0 Å². The van der Waals surface area contributed by atoms with Crippen LogP contribution in [-0.4, -0.2) is 33.7 Å². The lowest BCUT2D eigenvalue weighted by Crippen LogP contribution is -2.45. The van der Waals surface area contributed by atoms with E-state index in [-0.39, 0.29) is 16.4 Å². The van der Waals surface area contributed by atoms with Gasteiger partial charge in [0.1, 0.15) is 17.6 Å². The molecule has 0 bridgehead atoms. The highest BCUT2D eigenvalue weighted by molar-refractivity contribution is 7.92. The summed E-state index contributed by atoms with van der Waals surface area (Å²) in [6.07, 6.45) is 0.983. The predicted molar refractivity (Wildman–Crippen MR) is 99.8 cm³/mol. The maximum atomic E-state index is 13.3. The van der Waals surface area contributed by atoms with Crippen LogP contribution in [0.4, 0.5) is 15.8 Å². The third-order valence-corrected chi connectivity index (χ3v) is 5.11. The number of anilines is 2. The molecule has 0 aliphatic rings. The maximum absolute atomic E-state index is 13.3. The average molecular weight is 401 g/mol. The molecule has 1 N–H and O–H groups in total. The standard InChI is InChI=1S/C17H18ClFN2O4S/c1-11(17(22)20-13-6-4-5-12(19)9-13)21(26(3,23)24)14-7-8-16(25-2)15(18)10-14/h4-11H,1-3H3,(H,20,22)/t11-/m0/s1. The van der Waals surface area contributed by atoms with Gasteiger partial charge in [0.15, 0.2) is 0 Å². The van der Waals surface area contributed by atoms with Gasteiger partial charge in [-0.1, -0.05) is 17.7 Å². The Kier molecular flexibility index (Phi) is 6.09. The summed E-state index contributed by atoms with van der Waals surface area (Å²) in [7, 11) is -2.37. The Morgan fingerprint density at radius 2 is 1.96 bits per heavy atom. The Labute approximate surface area is 156 Å². The molecule has 26 heavy (non-hydrogen) atoms. The number of carbonyl (C=O) groups excluding carboxylic acids is 1. The fourth-order valence-corrected chi connectivity index (χ4v) is 3.83. The number of methoxy groups -OCH3 is 1. The van der Waals surface area contributed by atoms with Gasteiger partial charge in [-0.3, -0.25) is 9.10 Å². The van der Waals surface area contributed by atoms with Gasteiger partial charge in [-0.25, -0.2) is 12.8 Å². The normalized spacial score (nSPS) is 12.3. The van der Waals surface area contributed by atoms with Crippen LogP contribution in [-0.2, 0) is 14.8 Å². The third kappa shape index (κ3) is 4.64. The highest BCUT2D eigenvalue weighted by Gasteiger charge is 2.29.